The molecule has 1 aliphatic rings. The lowest BCUT2D eigenvalue weighted by molar-refractivity contribution is 0.171. The Morgan fingerprint density at radius 1 is 1.24 bits per heavy atom. The number of nitrogens with one attached hydrogen (secondary N) is 2. The zero-order chi connectivity index (χ0) is 12.1. The Bertz CT molecular complexity index is 368. The van der Waals surface area contributed by atoms with Crippen LogP contribution in [-0.2, 0) is 0 Å². The predicted molar refractivity (Wildman–Crippen MR) is 67.8 cm³/mol. The van der Waals surface area contributed by atoms with Gasteiger partial charge in [0.05, 0.1) is 0 Å². The third kappa shape index (κ3) is 2.90. The summed E-state index contributed by atoms with van der Waals surface area (Å²) in [5, 5.41) is 6.64. The van der Waals surface area contributed by atoms with Gasteiger partial charge in [-0.1, -0.05) is 13.0 Å². The van der Waals surface area contributed by atoms with Gasteiger partial charge in [-0.25, -0.2) is 0 Å². The molecule has 2 N–H and O–H groups in total. The molecule has 94 valence electrons. The van der Waals surface area contributed by atoms with Gasteiger partial charge in [0, 0.05) is 12.6 Å². The Labute approximate surface area is 102 Å². The molecule has 0 fully saturated rings. The van der Waals surface area contributed by atoms with E-state index in [1.807, 2.05) is 13.1 Å². The highest BCUT2D eigenvalue weighted by atomic mass is 16.6. The van der Waals surface area contributed by atoms with Crippen LogP contribution in [0.3, 0.4) is 0 Å². The minimum absolute atomic E-state index is 0.297. The molecule has 0 saturated heterocycles. The number of fused-ring (bicyclic) bond motifs is 1. The first-order valence-electron chi connectivity index (χ1n) is 6.12. The molecule has 1 unspecified atom stereocenters. The van der Waals surface area contributed by atoms with Crippen LogP contribution in [0, 0.1) is 0 Å². The summed E-state index contributed by atoms with van der Waals surface area (Å²) < 4.78 is 11.1. The minimum atomic E-state index is 0.297. The van der Waals surface area contributed by atoms with Gasteiger partial charge in [-0.05, 0) is 31.3 Å². The topological polar surface area (TPSA) is 42.5 Å². The van der Waals surface area contributed by atoms with Crippen molar-refractivity contribution in [1.82, 2.24) is 10.6 Å². The molecule has 0 aliphatic carbocycles. The second-order valence-corrected chi connectivity index (χ2v) is 4.05. The minimum Gasteiger partial charge on any atom is -0.486 e. The summed E-state index contributed by atoms with van der Waals surface area (Å²) in [5.41, 5.74) is 1.22. The molecule has 0 saturated carbocycles. The van der Waals surface area contributed by atoms with Crippen molar-refractivity contribution >= 4 is 0 Å². The standard InChI is InChI=1S/C13H20N2O2/c1-3-15-9-11(14-2)10-4-5-12-13(8-10)17-7-6-16-12/h4-5,8,11,14-15H,3,6-7,9H2,1-2H3. The summed E-state index contributed by atoms with van der Waals surface area (Å²) in [4.78, 5) is 0. The van der Waals surface area contributed by atoms with Gasteiger partial charge in [0.25, 0.3) is 0 Å². The van der Waals surface area contributed by atoms with E-state index < -0.39 is 0 Å². The van der Waals surface area contributed by atoms with Crippen molar-refractivity contribution in [2.75, 3.05) is 33.4 Å². The Hall–Kier alpha value is -1.26. The van der Waals surface area contributed by atoms with Crippen LogP contribution in [0.5, 0.6) is 11.5 Å². The Balaban J connectivity index is 2.13. The summed E-state index contributed by atoms with van der Waals surface area (Å²) in [7, 11) is 1.97. The summed E-state index contributed by atoms with van der Waals surface area (Å²) in [6.45, 7) is 5.26. The first-order chi connectivity index (χ1) is 8.35. The van der Waals surface area contributed by atoms with Crippen molar-refractivity contribution in [3.05, 3.63) is 23.8 Å². The van der Waals surface area contributed by atoms with Gasteiger partial charge in [-0.15, -0.1) is 0 Å². The fourth-order valence-corrected chi connectivity index (χ4v) is 1.95. The lowest BCUT2D eigenvalue weighted by Crippen LogP contribution is -2.29. The largest absolute Gasteiger partial charge is 0.486 e. The van der Waals surface area contributed by atoms with Crippen molar-refractivity contribution in [2.45, 2.75) is 13.0 Å². The third-order valence-electron chi connectivity index (χ3n) is 2.92. The zero-order valence-corrected chi connectivity index (χ0v) is 10.5. The molecule has 0 bridgehead atoms. The van der Waals surface area contributed by atoms with E-state index in [4.69, 9.17) is 9.47 Å². The maximum atomic E-state index is 5.59. The maximum absolute atomic E-state index is 5.59. The quantitative estimate of drug-likeness (QED) is 0.809. The van der Waals surface area contributed by atoms with E-state index >= 15 is 0 Å². The second kappa shape index (κ2) is 5.89. The Morgan fingerprint density at radius 3 is 2.71 bits per heavy atom. The molecule has 0 radical (unpaired) electrons. The van der Waals surface area contributed by atoms with Crippen LogP contribution >= 0.6 is 0 Å². The average molecular weight is 236 g/mol. The SMILES string of the molecule is CCNCC(NC)c1ccc2c(c1)OCCO2. The van der Waals surface area contributed by atoms with Crippen LogP contribution in [0.2, 0.25) is 0 Å². The fourth-order valence-electron chi connectivity index (χ4n) is 1.95. The van der Waals surface area contributed by atoms with E-state index in [9.17, 15) is 0 Å². The molecule has 0 spiro atoms. The number of hydrogen-bond donors (Lipinski definition) is 2. The number of likely N-dealkylation sites (N-methyl/N-ethyl adjacent to an activating group) is 2. The average Bonchev–Trinajstić information content (AvgIpc) is 2.39. The maximum Gasteiger partial charge on any atom is 0.161 e. The van der Waals surface area contributed by atoms with Gasteiger partial charge in [0.2, 0.25) is 0 Å². The highest BCUT2D eigenvalue weighted by molar-refractivity contribution is 5.44. The molecular formula is C13H20N2O2. The first kappa shape index (κ1) is 12.2. The van der Waals surface area contributed by atoms with Crippen LogP contribution in [-0.4, -0.2) is 33.4 Å². The molecule has 1 heterocycles. The highest BCUT2D eigenvalue weighted by Gasteiger charge is 2.15. The number of benzene rings is 1. The van der Waals surface area contributed by atoms with Crippen molar-refractivity contribution in [3.8, 4) is 11.5 Å². The lowest BCUT2D eigenvalue weighted by atomic mass is 10.1. The predicted octanol–water partition coefficient (Wildman–Crippen LogP) is 1.33. The van der Waals surface area contributed by atoms with Gasteiger partial charge in [0.1, 0.15) is 13.2 Å². The number of hydrogen-bond acceptors (Lipinski definition) is 4. The van der Waals surface area contributed by atoms with Crippen molar-refractivity contribution in [1.29, 1.82) is 0 Å². The van der Waals surface area contributed by atoms with Gasteiger partial charge < -0.3 is 20.1 Å². The monoisotopic (exact) mass is 236 g/mol. The molecule has 17 heavy (non-hydrogen) atoms. The molecular weight excluding hydrogens is 216 g/mol. The normalized spacial score (nSPS) is 15.6. The molecule has 4 nitrogen and oxygen atoms in total. The molecule has 4 heteroatoms. The van der Waals surface area contributed by atoms with Crippen LogP contribution in [0.1, 0.15) is 18.5 Å². The summed E-state index contributed by atoms with van der Waals surface area (Å²) >= 11 is 0. The summed E-state index contributed by atoms with van der Waals surface area (Å²) in [6.07, 6.45) is 0. The van der Waals surface area contributed by atoms with Gasteiger partial charge >= 0.3 is 0 Å². The lowest BCUT2D eigenvalue weighted by Gasteiger charge is -2.22. The molecule has 2 rings (SSSR count). The van der Waals surface area contributed by atoms with Crippen LogP contribution in [0.15, 0.2) is 18.2 Å². The summed E-state index contributed by atoms with van der Waals surface area (Å²) in [6, 6.07) is 6.44. The molecule has 1 aromatic rings. The van der Waals surface area contributed by atoms with E-state index in [2.05, 4.69) is 29.7 Å². The number of rotatable bonds is 5. The van der Waals surface area contributed by atoms with Crippen LogP contribution < -0.4 is 20.1 Å². The molecule has 1 aromatic carbocycles. The fraction of sp³-hybridized carbons (Fsp3) is 0.538. The molecule has 0 aromatic heterocycles. The number of ether oxygens (including phenoxy) is 2. The van der Waals surface area contributed by atoms with E-state index in [1.54, 1.807) is 0 Å². The Kier molecular flexibility index (Phi) is 4.23. The van der Waals surface area contributed by atoms with E-state index in [0.717, 1.165) is 24.6 Å². The highest BCUT2D eigenvalue weighted by Crippen LogP contribution is 2.32. The van der Waals surface area contributed by atoms with E-state index in [0.29, 0.717) is 19.3 Å². The van der Waals surface area contributed by atoms with Crippen LogP contribution in [0.25, 0.3) is 0 Å². The molecule has 1 aliphatic heterocycles. The second-order valence-electron chi connectivity index (χ2n) is 4.05. The third-order valence-corrected chi connectivity index (χ3v) is 2.92. The Morgan fingerprint density at radius 2 is 2.00 bits per heavy atom. The van der Waals surface area contributed by atoms with E-state index in [-0.39, 0.29) is 0 Å². The van der Waals surface area contributed by atoms with Crippen molar-refractivity contribution in [3.63, 3.8) is 0 Å². The van der Waals surface area contributed by atoms with Crippen molar-refractivity contribution in [2.24, 2.45) is 0 Å². The summed E-state index contributed by atoms with van der Waals surface area (Å²) in [5.74, 6) is 1.70. The molecule has 0 amide bonds. The smallest absolute Gasteiger partial charge is 0.161 e. The molecule has 1 atom stereocenters. The van der Waals surface area contributed by atoms with Gasteiger partial charge in [-0.2, -0.15) is 0 Å². The van der Waals surface area contributed by atoms with E-state index in [1.165, 1.54) is 5.56 Å². The van der Waals surface area contributed by atoms with Crippen molar-refractivity contribution < 1.29 is 9.47 Å². The van der Waals surface area contributed by atoms with Gasteiger partial charge in [-0.3, -0.25) is 0 Å². The van der Waals surface area contributed by atoms with Crippen LogP contribution in [0.4, 0.5) is 0 Å². The first-order valence-corrected chi connectivity index (χ1v) is 6.12. The van der Waals surface area contributed by atoms with Gasteiger partial charge in [0.15, 0.2) is 11.5 Å². The zero-order valence-electron chi connectivity index (χ0n) is 10.5.